The molecule has 1 atom stereocenters. The quantitative estimate of drug-likeness (QED) is 0.825. The van der Waals surface area contributed by atoms with E-state index >= 15 is 0 Å². The van der Waals surface area contributed by atoms with Crippen LogP contribution in [0.25, 0.3) is 0 Å². The van der Waals surface area contributed by atoms with E-state index in [9.17, 15) is 4.79 Å². The number of carboxylic acids is 1. The van der Waals surface area contributed by atoms with Crippen molar-refractivity contribution in [1.29, 1.82) is 0 Å². The highest BCUT2D eigenvalue weighted by molar-refractivity contribution is 5.73. The first-order valence-corrected chi connectivity index (χ1v) is 5.86. The molecule has 0 heterocycles. The summed E-state index contributed by atoms with van der Waals surface area (Å²) in [7, 11) is 0. The SMILES string of the molecule is Cc1ccc([C@H](C)NCC(C)(C)C(=O)O)cc1. The Hall–Kier alpha value is -1.35. The van der Waals surface area contributed by atoms with Gasteiger partial charge in [0.05, 0.1) is 5.41 Å². The molecular formula is C14H21NO2. The van der Waals surface area contributed by atoms with Crippen LogP contribution >= 0.6 is 0 Å². The van der Waals surface area contributed by atoms with Crippen molar-refractivity contribution in [2.75, 3.05) is 6.54 Å². The molecule has 0 aliphatic heterocycles. The summed E-state index contributed by atoms with van der Waals surface area (Å²) in [5.41, 5.74) is 1.67. The van der Waals surface area contributed by atoms with E-state index < -0.39 is 11.4 Å². The van der Waals surface area contributed by atoms with Crippen molar-refractivity contribution in [2.45, 2.75) is 33.7 Å². The molecule has 17 heavy (non-hydrogen) atoms. The van der Waals surface area contributed by atoms with E-state index in [-0.39, 0.29) is 6.04 Å². The molecule has 0 unspecified atom stereocenters. The number of hydrogen-bond donors (Lipinski definition) is 2. The third kappa shape index (κ3) is 3.86. The van der Waals surface area contributed by atoms with Crippen LogP contribution in [0.15, 0.2) is 24.3 Å². The summed E-state index contributed by atoms with van der Waals surface area (Å²) < 4.78 is 0. The molecule has 1 rings (SSSR count). The maximum atomic E-state index is 11.0. The van der Waals surface area contributed by atoms with Crippen LogP contribution < -0.4 is 5.32 Å². The van der Waals surface area contributed by atoms with E-state index in [2.05, 4.69) is 36.5 Å². The van der Waals surface area contributed by atoms with Crippen molar-refractivity contribution in [3.63, 3.8) is 0 Å². The van der Waals surface area contributed by atoms with Gasteiger partial charge in [0.15, 0.2) is 0 Å². The number of carboxylic acid groups (broad SMARTS) is 1. The van der Waals surface area contributed by atoms with Crippen LogP contribution in [0.2, 0.25) is 0 Å². The summed E-state index contributed by atoms with van der Waals surface area (Å²) >= 11 is 0. The summed E-state index contributed by atoms with van der Waals surface area (Å²) in [5, 5.41) is 12.3. The zero-order valence-electron chi connectivity index (χ0n) is 10.9. The zero-order chi connectivity index (χ0) is 13.1. The Kier molecular flexibility index (Phi) is 4.29. The number of aryl methyl sites for hydroxylation is 1. The lowest BCUT2D eigenvalue weighted by Gasteiger charge is -2.23. The molecule has 0 radical (unpaired) electrons. The van der Waals surface area contributed by atoms with Gasteiger partial charge in [0.1, 0.15) is 0 Å². The topological polar surface area (TPSA) is 49.3 Å². The molecule has 1 aromatic carbocycles. The molecule has 3 nitrogen and oxygen atoms in total. The van der Waals surface area contributed by atoms with Crippen molar-refractivity contribution in [3.8, 4) is 0 Å². The number of nitrogens with one attached hydrogen (secondary N) is 1. The second-order valence-corrected chi connectivity index (χ2v) is 5.20. The molecule has 1 aromatic rings. The van der Waals surface area contributed by atoms with Gasteiger partial charge < -0.3 is 10.4 Å². The van der Waals surface area contributed by atoms with Gasteiger partial charge in [-0.3, -0.25) is 4.79 Å². The number of hydrogen-bond acceptors (Lipinski definition) is 2. The lowest BCUT2D eigenvalue weighted by atomic mass is 9.93. The number of benzene rings is 1. The predicted octanol–water partition coefficient (Wildman–Crippen LogP) is 2.76. The van der Waals surface area contributed by atoms with E-state index in [1.54, 1.807) is 13.8 Å². The average Bonchev–Trinajstić information content (AvgIpc) is 2.27. The lowest BCUT2D eigenvalue weighted by Crippen LogP contribution is -2.37. The van der Waals surface area contributed by atoms with E-state index in [0.717, 1.165) is 0 Å². The van der Waals surface area contributed by atoms with E-state index in [4.69, 9.17) is 5.11 Å². The Morgan fingerprint density at radius 3 is 2.35 bits per heavy atom. The monoisotopic (exact) mass is 235 g/mol. The van der Waals surface area contributed by atoms with Crippen molar-refractivity contribution in [1.82, 2.24) is 5.32 Å². The highest BCUT2D eigenvalue weighted by atomic mass is 16.4. The molecule has 0 bridgehead atoms. The summed E-state index contributed by atoms with van der Waals surface area (Å²) in [4.78, 5) is 11.0. The molecule has 0 spiro atoms. The van der Waals surface area contributed by atoms with Crippen LogP contribution in [0.5, 0.6) is 0 Å². The minimum Gasteiger partial charge on any atom is -0.481 e. The van der Waals surface area contributed by atoms with Crippen LogP contribution in [0, 0.1) is 12.3 Å². The molecule has 3 heteroatoms. The highest BCUT2D eigenvalue weighted by Gasteiger charge is 2.27. The van der Waals surface area contributed by atoms with Gasteiger partial charge in [-0.2, -0.15) is 0 Å². The molecule has 0 fully saturated rings. The Balaban J connectivity index is 2.58. The molecule has 0 aliphatic rings. The standard InChI is InChI=1S/C14H21NO2/c1-10-5-7-12(8-6-10)11(2)15-9-14(3,4)13(16)17/h5-8,11,15H,9H2,1-4H3,(H,16,17)/t11-/m0/s1. The Labute approximate surface area is 103 Å². The minimum atomic E-state index is -0.777. The smallest absolute Gasteiger partial charge is 0.310 e. The minimum absolute atomic E-state index is 0.161. The van der Waals surface area contributed by atoms with Gasteiger partial charge in [-0.1, -0.05) is 29.8 Å². The van der Waals surface area contributed by atoms with Gasteiger partial charge in [0.2, 0.25) is 0 Å². The summed E-state index contributed by atoms with van der Waals surface area (Å²) in [6.07, 6.45) is 0. The Bertz CT molecular complexity index is 382. The van der Waals surface area contributed by atoms with Crippen molar-refractivity contribution < 1.29 is 9.90 Å². The van der Waals surface area contributed by atoms with Crippen molar-refractivity contribution in [2.24, 2.45) is 5.41 Å². The second-order valence-electron chi connectivity index (χ2n) is 5.20. The van der Waals surface area contributed by atoms with Gasteiger partial charge >= 0.3 is 5.97 Å². The molecule has 0 aliphatic carbocycles. The van der Waals surface area contributed by atoms with Crippen LogP contribution in [0.1, 0.15) is 37.9 Å². The van der Waals surface area contributed by atoms with Gasteiger partial charge in [-0.15, -0.1) is 0 Å². The summed E-state index contributed by atoms with van der Waals surface area (Å²) in [6, 6.07) is 8.43. The maximum absolute atomic E-state index is 11.0. The lowest BCUT2D eigenvalue weighted by molar-refractivity contribution is -0.146. The summed E-state index contributed by atoms with van der Waals surface area (Å²) in [5.74, 6) is -0.777. The first-order chi connectivity index (χ1) is 7.83. The van der Waals surface area contributed by atoms with Crippen LogP contribution in [-0.4, -0.2) is 17.6 Å². The van der Waals surface area contributed by atoms with Crippen LogP contribution in [-0.2, 0) is 4.79 Å². The third-order valence-electron chi connectivity index (χ3n) is 3.01. The van der Waals surface area contributed by atoms with Crippen LogP contribution in [0.3, 0.4) is 0 Å². The Morgan fingerprint density at radius 2 is 1.88 bits per heavy atom. The molecule has 2 N–H and O–H groups in total. The van der Waals surface area contributed by atoms with E-state index in [0.29, 0.717) is 6.54 Å². The summed E-state index contributed by atoms with van der Waals surface area (Å²) in [6.45, 7) is 8.00. The zero-order valence-corrected chi connectivity index (χ0v) is 10.9. The first-order valence-electron chi connectivity index (χ1n) is 5.86. The third-order valence-corrected chi connectivity index (χ3v) is 3.01. The molecule has 94 valence electrons. The molecule has 0 saturated carbocycles. The maximum Gasteiger partial charge on any atom is 0.310 e. The molecule has 0 saturated heterocycles. The average molecular weight is 235 g/mol. The van der Waals surface area contributed by atoms with Gasteiger partial charge in [0, 0.05) is 12.6 Å². The number of aliphatic carboxylic acids is 1. The van der Waals surface area contributed by atoms with Crippen LogP contribution in [0.4, 0.5) is 0 Å². The normalized spacial score (nSPS) is 13.4. The van der Waals surface area contributed by atoms with E-state index in [1.807, 2.05) is 6.92 Å². The number of carbonyl (C=O) groups is 1. The molecule has 0 amide bonds. The Morgan fingerprint density at radius 1 is 1.35 bits per heavy atom. The number of rotatable bonds is 5. The fraction of sp³-hybridized carbons (Fsp3) is 0.500. The molecule has 0 aromatic heterocycles. The van der Waals surface area contributed by atoms with Crippen molar-refractivity contribution >= 4 is 5.97 Å². The molecular weight excluding hydrogens is 214 g/mol. The van der Waals surface area contributed by atoms with Gasteiger partial charge in [-0.25, -0.2) is 0 Å². The predicted molar refractivity (Wildman–Crippen MR) is 69.0 cm³/mol. The highest BCUT2D eigenvalue weighted by Crippen LogP contribution is 2.18. The first kappa shape index (κ1) is 13.7. The largest absolute Gasteiger partial charge is 0.481 e. The van der Waals surface area contributed by atoms with Crippen molar-refractivity contribution in [3.05, 3.63) is 35.4 Å². The second kappa shape index (κ2) is 5.32. The van der Waals surface area contributed by atoms with E-state index in [1.165, 1.54) is 11.1 Å². The van der Waals surface area contributed by atoms with Gasteiger partial charge in [0.25, 0.3) is 0 Å². The fourth-order valence-electron chi connectivity index (χ4n) is 1.46. The fourth-order valence-corrected chi connectivity index (χ4v) is 1.46. The van der Waals surface area contributed by atoms with Gasteiger partial charge in [-0.05, 0) is 33.3 Å².